The van der Waals surface area contributed by atoms with E-state index in [-0.39, 0.29) is 0 Å². The minimum Gasteiger partial charge on any atom is -0.367 e. The molecule has 1 aromatic carbocycles. The van der Waals surface area contributed by atoms with Gasteiger partial charge in [-0.3, -0.25) is 0 Å². The molecule has 0 spiro atoms. The molecule has 4 rings (SSSR count). The minimum absolute atomic E-state index is 0.596. The predicted octanol–water partition coefficient (Wildman–Crippen LogP) is 3.23. The summed E-state index contributed by atoms with van der Waals surface area (Å²) < 4.78 is 0. The summed E-state index contributed by atoms with van der Waals surface area (Å²) in [6.45, 7) is 1.07. The van der Waals surface area contributed by atoms with E-state index < -0.39 is 0 Å². The fourth-order valence-corrected chi connectivity index (χ4v) is 3.00. The molecule has 3 nitrogen and oxygen atoms in total. The fraction of sp³-hybridized carbons (Fsp3) is 0.467. The van der Waals surface area contributed by atoms with Gasteiger partial charge in [0.25, 0.3) is 0 Å². The van der Waals surface area contributed by atoms with Crippen LogP contribution in [0, 0.1) is 11.3 Å². The zero-order chi connectivity index (χ0) is 12.0. The van der Waals surface area contributed by atoms with Crippen LogP contribution in [0.25, 0.3) is 10.8 Å². The van der Waals surface area contributed by atoms with E-state index in [4.69, 9.17) is 0 Å². The van der Waals surface area contributed by atoms with Crippen LogP contribution < -0.4 is 5.32 Å². The molecule has 2 aliphatic rings. The van der Waals surface area contributed by atoms with Crippen LogP contribution >= 0.6 is 0 Å². The average Bonchev–Trinajstić information content (AvgIpc) is 3.28. The molecular weight excluding hydrogens is 222 g/mol. The normalized spacial score (nSPS) is 20.9. The van der Waals surface area contributed by atoms with E-state index in [0.29, 0.717) is 5.41 Å². The third kappa shape index (κ3) is 1.65. The highest BCUT2D eigenvalue weighted by Crippen LogP contribution is 2.61. The molecule has 2 aliphatic carbocycles. The predicted molar refractivity (Wildman–Crippen MR) is 72.4 cm³/mol. The van der Waals surface area contributed by atoms with Gasteiger partial charge in [0.2, 0.25) is 0 Å². The first-order valence-electron chi connectivity index (χ1n) is 6.82. The number of aromatic nitrogens is 2. The van der Waals surface area contributed by atoms with Gasteiger partial charge in [0.1, 0.15) is 0 Å². The Morgan fingerprint density at radius 3 is 2.83 bits per heavy atom. The molecule has 0 unspecified atom stereocenters. The number of hydrogen-bond donors (Lipinski definition) is 1. The van der Waals surface area contributed by atoms with Gasteiger partial charge in [-0.15, -0.1) is 5.10 Å². The van der Waals surface area contributed by atoms with Gasteiger partial charge in [-0.25, -0.2) is 0 Å². The Bertz CT molecular complexity index is 580. The Balaban J connectivity index is 1.59. The maximum Gasteiger partial charge on any atom is 0.156 e. The quantitative estimate of drug-likeness (QED) is 0.890. The number of nitrogens with one attached hydrogen (secondary N) is 1. The first-order chi connectivity index (χ1) is 8.87. The number of nitrogens with zero attached hydrogens (tertiary/aromatic N) is 2. The fourth-order valence-electron chi connectivity index (χ4n) is 3.00. The molecule has 2 aromatic rings. The van der Waals surface area contributed by atoms with E-state index in [1.165, 1.54) is 31.1 Å². The molecule has 1 aromatic heterocycles. The van der Waals surface area contributed by atoms with E-state index in [1.54, 1.807) is 0 Å². The van der Waals surface area contributed by atoms with Gasteiger partial charge in [-0.05, 0) is 37.0 Å². The van der Waals surface area contributed by atoms with Crippen molar-refractivity contribution in [3.05, 3.63) is 30.5 Å². The van der Waals surface area contributed by atoms with Crippen molar-refractivity contribution >= 4 is 16.6 Å². The Hall–Kier alpha value is -1.64. The highest BCUT2D eigenvalue weighted by Gasteiger charge is 2.53. The van der Waals surface area contributed by atoms with Crippen LogP contribution in [-0.2, 0) is 0 Å². The Morgan fingerprint density at radius 1 is 1.22 bits per heavy atom. The van der Waals surface area contributed by atoms with Crippen LogP contribution in [0.4, 0.5) is 5.82 Å². The number of fused-ring (bicyclic) bond motifs is 1. The first-order valence-corrected chi connectivity index (χ1v) is 6.82. The molecule has 0 aliphatic heterocycles. The standard InChI is InChI=1S/C15H17N3/c1-2-4-13-11(3-1)9-17-18-14(13)16-10-15(7-8-15)12-5-6-12/h1-4,9,12H,5-8,10H2,(H,16,18). The summed E-state index contributed by atoms with van der Waals surface area (Å²) in [5, 5.41) is 14.2. The van der Waals surface area contributed by atoms with E-state index >= 15 is 0 Å². The van der Waals surface area contributed by atoms with Gasteiger partial charge >= 0.3 is 0 Å². The van der Waals surface area contributed by atoms with Crippen LogP contribution in [0.15, 0.2) is 30.5 Å². The summed E-state index contributed by atoms with van der Waals surface area (Å²) in [5.41, 5.74) is 0.596. The number of rotatable bonds is 4. The maximum absolute atomic E-state index is 4.26. The molecule has 18 heavy (non-hydrogen) atoms. The number of hydrogen-bond acceptors (Lipinski definition) is 3. The van der Waals surface area contributed by atoms with Crippen molar-refractivity contribution in [3.63, 3.8) is 0 Å². The molecule has 0 atom stereocenters. The lowest BCUT2D eigenvalue weighted by Crippen LogP contribution is -2.18. The van der Waals surface area contributed by atoms with Gasteiger partial charge in [0, 0.05) is 17.3 Å². The molecular formula is C15H17N3. The smallest absolute Gasteiger partial charge is 0.156 e. The highest BCUT2D eigenvalue weighted by molar-refractivity contribution is 5.90. The Morgan fingerprint density at radius 2 is 2.06 bits per heavy atom. The second-order valence-corrected chi connectivity index (χ2v) is 5.77. The molecule has 1 heterocycles. The molecule has 3 heteroatoms. The van der Waals surface area contributed by atoms with Crippen molar-refractivity contribution in [2.75, 3.05) is 11.9 Å². The van der Waals surface area contributed by atoms with E-state index in [2.05, 4.69) is 33.7 Å². The Labute approximate surface area is 107 Å². The summed E-state index contributed by atoms with van der Waals surface area (Å²) in [7, 11) is 0. The van der Waals surface area contributed by atoms with Crippen molar-refractivity contribution in [1.29, 1.82) is 0 Å². The second kappa shape index (κ2) is 3.67. The molecule has 2 saturated carbocycles. The SMILES string of the molecule is c1ccc2c(NCC3(C4CC4)CC3)nncc2c1. The average molecular weight is 239 g/mol. The zero-order valence-corrected chi connectivity index (χ0v) is 10.4. The zero-order valence-electron chi connectivity index (χ0n) is 10.4. The minimum atomic E-state index is 0.596. The van der Waals surface area contributed by atoms with Crippen molar-refractivity contribution in [3.8, 4) is 0 Å². The summed E-state index contributed by atoms with van der Waals surface area (Å²) in [6.07, 6.45) is 7.48. The van der Waals surface area contributed by atoms with Crippen LogP contribution in [0.2, 0.25) is 0 Å². The molecule has 2 fully saturated rings. The van der Waals surface area contributed by atoms with Gasteiger partial charge in [-0.1, -0.05) is 24.3 Å². The third-order valence-electron chi connectivity index (χ3n) is 4.51. The van der Waals surface area contributed by atoms with Crippen LogP contribution in [0.3, 0.4) is 0 Å². The van der Waals surface area contributed by atoms with Gasteiger partial charge in [0.05, 0.1) is 6.20 Å². The number of anilines is 1. The van der Waals surface area contributed by atoms with Crippen LogP contribution in [0.1, 0.15) is 25.7 Å². The van der Waals surface area contributed by atoms with Crippen LogP contribution in [-0.4, -0.2) is 16.7 Å². The Kier molecular flexibility index (Phi) is 2.10. The lowest BCUT2D eigenvalue weighted by molar-refractivity contribution is 0.466. The highest BCUT2D eigenvalue weighted by atomic mass is 15.2. The lowest BCUT2D eigenvalue weighted by atomic mass is 10.0. The third-order valence-corrected chi connectivity index (χ3v) is 4.51. The largest absolute Gasteiger partial charge is 0.367 e. The summed E-state index contributed by atoms with van der Waals surface area (Å²) >= 11 is 0. The van der Waals surface area contributed by atoms with Crippen molar-refractivity contribution in [2.24, 2.45) is 11.3 Å². The molecule has 0 amide bonds. The van der Waals surface area contributed by atoms with Gasteiger partial charge in [-0.2, -0.15) is 5.10 Å². The second-order valence-electron chi connectivity index (χ2n) is 5.77. The van der Waals surface area contributed by atoms with Crippen molar-refractivity contribution in [1.82, 2.24) is 10.2 Å². The van der Waals surface area contributed by atoms with Gasteiger partial charge in [0.15, 0.2) is 5.82 Å². The number of benzene rings is 1. The monoisotopic (exact) mass is 239 g/mol. The molecule has 92 valence electrons. The van der Waals surface area contributed by atoms with Crippen molar-refractivity contribution < 1.29 is 0 Å². The summed E-state index contributed by atoms with van der Waals surface area (Å²) in [6, 6.07) is 8.30. The van der Waals surface area contributed by atoms with E-state index in [9.17, 15) is 0 Å². The topological polar surface area (TPSA) is 37.8 Å². The van der Waals surface area contributed by atoms with Gasteiger partial charge < -0.3 is 5.32 Å². The molecule has 0 radical (unpaired) electrons. The maximum atomic E-state index is 4.26. The summed E-state index contributed by atoms with van der Waals surface area (Å²) in [4.78, 5) is 0. The van der Waals surface area contributed by atoms with Crippen molar-refractivity contribution in [2.45, 2.75) is 25.7 Å². The first kappa shape index (κ1) is 10.3. The summed E-state index contributed by atoms with van der Waals surface area (Å²) in [5.74, 6) is 1.92. The van der Waals surface area contributed by atoms with E-state index in [1.807, 2.05) is 12.3 Å². The van der Waals surface area contributed by atoms with Crippen LogP contribution in [0.5, 0.6) is 0 Å². The van der Waals surface area contributed by atoms with E-state index in [0.717, 1.165) is 23.7 Å². The molecule has 0 saturated heterocycles. The molecule has 1 N–H and O–H groups in total. The molecule has 0 bridgehead atoms. The lowest BCUT2D eigenvalue weighted by Gasteiger charge is -2.15.